The minimum Gasteiger partial charge on any atom is -0.378 e. The zero-order chi connectivity index (χ0) is 13.6. The number of alkyl halides is 3. The Balaban J connectivity index is 2.11. The van der Waals surface area contributed by atoms with Gasteiger partial charge in [-0.05, 0) is 32.7 Å². The molecular weight excluding hydrogens is 249 g/mol. The van der Waals surface area contributed by atoms with Crippen LogP contribution in [0.5, 0.6) is 0 Å². The largest absolute Gasteiger partial charge is 0.405 e. The monoisotopic (exact) mass is 268 g/mol. The predicted molar refractivity (Wildman–Crippen MR) is 60.1 cm³/mol. The average Bonchev–Trinajstić information content (AvgIpc) is 2.77. The van der Waals surface area contributed by atoms with E-state index in [-0.39, 0.29) is 6.10 Å². The van der Waals surface area contributed by atoms with E-state index in [0.717, 1.165) is 25.9 Å². The average molecular weight is 268 g/mol. The maximum Gasteiger partial charge on any atom is 0.405 e. The van der Waals surface area contributed by atoms with Crippen molar-refractivity contribution in [1.29, 1.82) is 0 Å². The van der Waals surface area contributed by atoms with E-state index in [0.29, 0.717) is 6.54 Å². The predicted octanol–water partition coefficient (Wildman–Crippen LogP) is 1.21. The third-order valence-corrected chi connectivity index (χ3v) is 2.80. The lowest BCUT2D eigenvalue weighted by atomic mass is 10.2. The first-order chi connectivity index (χ1) is 8.38. The lowest BCUT2D eigenvalue weighted by Crippen LogP contribution is -2.45. The van der Waals surface area contributed by atoms with Crippen molar-refractivity contribution in [2.45, 2.75) is 44.5 Å². The molecule has 1 heterocycles. The summed E-state index contributed by atoms with van der Waals surface area (Å²) in [6.45, 7) is 1.59. The van der Waals surface area contributed by atoms with Crippen molar-refractivity contribution >= 4 is 5.91 Å². The fourth-order valence-electron chi connectivity index (χ4n) is 1.77. The summed E-state index contributed by atoms with van der Waals surface area (Å²) in [5, 5.41) is 4.73. The van der Waals surface area contributed by atoms with Crippen LogP contribution in [0.1, 0.15) is 26.2 Å². The Labute approximate surface area is 104 Å². The maximum absolute atomic E-state index is 11.9. The van der Waals surface area contributed by atoms with Gasteiger partial charge in [-0.1, -0.05) is 0 Å². The Morgan fingerprint density at radius 3 is 2.78 bits per heavy atom. The van der Waals surface area contributed by atoms with Gasteiger partial charge in [-0.2, -0.15) is 13.2 Å². The molecule has 0 radical (unpaired) electrons. The lowest BCUT2D eigenvalue weighted by molar-refractivity contribution is -0.139. The number of rotatable bonds is 6. The van der Waals surface area contributed by atoms with E-state index in [1.54, 1.807) is 6.92 Å². The van der Waals surface area contributed by atoms with E-state index in [1.165, 1.54) is 0 Å². The second kappa shape index (κ2) is 6.94. The van der Waals surface area contributed by atoms with Crippen molar-refractivity contribution in [3.05, 3.63) is 0 Å². The van der Waals surface area contributed by atoms with Crippen LogP contribution in [-0.2, 0) is 9.53 Å². The summed E-state index contributed by atoms with van der Waals surface area (Å²) >= 11 is 0. The molecule has 2 unspecified atom stereocenters. The molecule has 18 heavy (non-hydrogen) atoms. The number of carbonyl (C=O) groups excluding carboxylic acids is 1. The highest BCUT2D eigenvalue weighted by Crippen LogP contribution is 2.14. The number of halogens is 3. The summed E-state index contributed by atoms with van der Waals surface area (Å²) in [6.07, 6.45) is -1.32. The molecule has 0 aromatic rings. The summed E-state index contributed by atoms with van der Waals surface area (Å²) in [6, 6.07) is -0.631. The molecule has 1 aliphatic rings. The first-order valence-electron chi connectivity index (χ1n) is 6.08. The molecule has 4 nitrogen and oxygen atoms in total. The Morgan fingerprint density at radius 1 is 1.50 bits per heavy atom. The van der Waals surface area contributed by atoms with Crippen LogP contribution in [0.2, 0.25) is 0 Å². The molecule has 0 aromatic carbocycles. The highest BCUT2D eigenvalue weighted by molar-refractivity contribution is 5.81. The number of ether oxygens (including phenoxy) is 1. The zero-order valence-electron chi connectivity index (χ0n) is 10.3. The second-order valence-corrected chi connectivity index (χ2v) is 4.43. The third-order valence-electron chi connectivity index (χ3n) is 2.80. The van der Waals surface area contributed by atoms with Gasteiger partial charge >= 0.3 is 6.18 Å². The number of amides is 1. The number of nitrogens with one attached hydrogen (secondary N) is 2. The first kappa shape index (κ1) is 15.2. The van der Waals surface area contributed by atoms with Gasteiger partial charge in [0.2, 0.25) is 5.91 Å². The van der Waals surface area contributed by atoms with Gasteiger partial charge in [-0.15, -0.1) is 0 Å². The lowest BCUT2D eigenvalue weighted by Gasteiger charge is -2.16. The van der Waals surface area contributed by atoms with Crippen molar-refractivity contribution in [1.82, 2.24) is 10.6 Å². The third kappa shape index (κ3) is 6.20. The molecule has 0 aromatic heterocycles. The van der Waals surface area contributed by atoms with Gasteiger partial charge in [-0.3, -0.25) is 4.79 Å². The van der Waals surface area contributed by atoms with Crippen molar-refractivity contribution in [3.63, 3.8) is 0 Å². The highest BCUT2D eigenvalue weighted by Gasteiger charge is 2.28. The van der Waals surface area contributed by atoms with Crippen molar-refractivity contribution in [2.75, 3.05) is 19.7 Å². The summed E-state index contributed by atoms with van der Waals surface area (Å²) < 4.78 is 41.1. The highest BCUT2D eigenvalue weighted by atomic mass is 19.4. The molecule has 2 atom stereocenters. The number of hydrogen-bond acceptors (Lipinski definition) is 3. The van der Waals surface area contributed by atoms with Crippen LogP contribution in [0, 0.1) is 0 Å². The fraction of sp³-hybridized carbons (Fsp3) is 0.909. The molecular formula is C11H19F3N2O2. The standard InChI is InChI=1S/C11H19F3N2O2/c1-8(10(17)16-7-11(12,13)14)15-5-4-9-3-2-6-18-9/h8-9,15H,2-7H2,1H3,(H,16,17). The Morgan fingerprint density at radius 2 is 2.22 bits per heavy atom. The van der Waals surface area contributed by atoms with Crippen molar-refractivity contribution in [3.8, 4) is 0 Å². The van der Waals surface area contributed by atoms with E-state index in [2.05, 4.69) is 5.32 Å². The van der Waals surface area contributed by atoms with Gasteiger partial charge in [0.05, 0.1) is 12.1 Å². The first-order valence-corrected chi connectivity index (χ1v) is 6.08. The van der Waals surface area contributed by atoms with Crippen LogP contribution in [0.15, 0.2) is 0 Å². The van der Waals surface area contributed by atoms with E-state index in [1.807, 2.05) is 5.32 Å². The van der Waals surface area contributed by atoms with E-state index in [4.69, 9.17) is 4.74 Å². The Kier molecular flexibility index (Phi) is 5.87. The minimum atomic E-state index is -4.37. The van der Waals surface area contributed by atoms with Crippen LogP contribution in [0.3, 0.4) is 0 Å². The van der Waals surface area contributed by atoms with Gasteiger partial charge in [-0.25, -0.2) is 0 Å². The van der Waals surface area contributed by atoms with Crippen LogP contribution in [0.25, 0.3) is 0 Å². The molecule has 0 spiro atoms. The molecule has 1 fully saturated rings. The molecule has 1 amide bonds. The Bertz CT molecular complexity index is 266. The van der Waals surface area contributed by atoms with Crippen molar-refractivity contribution in [2.24, 2.45) is 0 Å². The van der Waals surface area contributed by atoms with Crippen molar-refractivity contribution < 1.29 is 22.7 Å². The molecule has 7 heteroatoms. The Hall–Kier alpha value is -0.820. The quantitative estimate of drug-likeness (QED) is 0.761. The van der Waals surface area contributed by atoms with Crippen LogP contribution in [0.4, 0.5) is 13.2 Å². The van der Waals surface area contributed by atoms with Gasteiger partial charge in [0.25, 0.3) is 0 Å². The molecule has 2 N–H and O–H groups in total. The van der Waals surface area contributed by atoms with Gasteiger partial charge in [0.15, 0.2) is 0 Å². The molecule has 1 rings (SSSR count). The molecule has 1 aliphatic heterocycles. The van der Waals surface area contributed by atoms with E-state index < -0.39 is 24.7 Å². The van der Waals surface area contributed by atoms with Gasteiger partial charge in [0, 0.05) is 6.61 Å². The molecule has 106 valence electrons. The zero-order valence-corrected chi connectivity index (χ0v) is 10.3. The summed E-state index contributed by atoms with van der Waals surface area (Å²) in [5.74, 6) is -0.639. The summed E-state index contributed by atoms with van der Waals surface area (Å²) in [7, 11) is 0. The smallest absolute Gasteiger partial charge is 0.378 e. The topological polar surface area (TPSA) is 50.4 Å². The fourth-order valence-corrected chi connectivity index (χ4v) is 1.77. The number of carbonyl (C=O) groups is 1. The number of hydrogen-bond donors (Lipinski definition) is 2. The minimum absolute atomic E-state index is 0.211. The summed E-state index contributed by atoms with van der Waals surface area (Å²) in [4.78, 5) is 11.3. The molecule has 0 bridgehead atoms. The van der Waals surface area contributed by atoms with Crippen LogP contribution in [-0.4, -0.2) is 43.9 Å². The molecule has 1 saturated heterocycles. The molecule has 0 saturated carbocycles. The van der Waals surface area contributed by atoms with Crippen LogP contribution >= 0.6 is 0 Å². The van der Waals surface area contributed by atoms with Gasteiger partial charge < -0.3 is 15.4 Å². The summed E-state index contributed by atoms with van der Waals surface area (Å²) in [5.41, 5.74) is 0. The molecule has 0 aliphatic carbocycles. The normalized spacial score (nSPS) is 21.9. The van der Waals surface area contributed by atoms with E-state index in [9.17, 15) is 18.0 Å². The van der Waals surface area contributed by atoms with Gasteiger partial charge in [0.1, 0.15) is 6.54 Å². The van der Waals surface area contributed by atoms with Crippen LogP contribution < -0.4 is 10.6 Å². The maximum atomic E-state index is 11.9. The van der Waals surface area contributed by atoms with E-state index >= 15 is 0 Å². The SMILES string of the molecule is CC(NCCC1CCCO1)C(=O)NCC(F)(F)F. The second-order valence-electron chi connectivity index (χ2n) is 4.43.